The molecule has 0 saturated heterocycles. The van der Waals surface area contributed by atoms with Crippen LogP contribution in [0.3, 0.4) is 0 Å². The van der Waals surface area contributed by atoms with Crippen LogP contribution in [0.5, 0.6) is 0 Å². The molecule has 0 aromatic rings. The van der Waals surface area contributed by atoms with Crippen LogP contribution in [0.15, 0.2) is 20.5 Å². The zero-order chi connectivity index (χ0) is 30.6. The number of nitriles is 2. The van der Waals surface area contributed by atoms with Crippen molar-refractivity contribution >= 4 is 11.9 Å². The fraction of sp³-hybridized carbons (Fsp3) is 0.857. The molecule has 2 N–H and O–H groups in total. The molecule has 0 aliphatic heterocycles. The van der Waals surface area contributed by atoms with Gasteiger partial charge < -0.3 is 10.2 Å². The number of nitrogens with zero attached hydrogens (tertiary/aromatic N) is 6. The molecule has 0 amide bonds. The number of hydrogen-bond donors (Lipinski definition) is 2. The van der Waals surface area contributed by atoms with Crippen molar-refractivity contribution in [1.29, 1.82) is 10.5 Å². The van der Waals surface area contributed by atoms with E-state index >= 15 is 0 Å². The van der Waals surface area contributed by atoms with Crippen LogP contribution in [0.25, 0.3) is 0 Å². The normalized spacial score (nSPS) is 16.1. The summed E-state index contributed by atoms with van der Waals surface area (Å²) in [6.45, 7) is 25.1. The minimum Gasteiger partial charge on any atom is -0.481 e. The van der Waals surface area contributed by atoms with E-state index in [0.717, 1.165) is 12.8 Å². The lowest BCUT2D eigenvalue weighted by Gasteiger charge is -2.31. The van der Waals surface area contributed by atoms with Crippen molar-refractivity contribution in [2.24, 2.45) is 31.3 Å². The SMILES string of the molecule is CC(C#N)(CCC(=O)O)N=NC(C)(C#N)CCC(=O)O.CC(C)(C)CC(C)(C)N=NC(C)(C)CC(C)(C)C. The monoisotopic (exact) mass is 534 g/mol. The quantitative estimate of drug-likeness (QED) is 0.244. The summed E-state index contributed by atoms with van der Waals surface area (Å²) < 4.78 is 0. The van der Waals surface area contributed by atoms with Crippen LogP contribution in [0.1, 0.15) is 122 Å². The molecule has 2 unspecified atom stereocenters. The topological polar surface area (TPSA) is 172 Å². The van der Waals surface area contributed by atoms with E-state index in [0.29, 0.717) is 0 Å². The highest BCUT2D eigenvalue weighted by molar-refractivity contribution is 5.67. The fourth-order valence-corrected chi connectivity index (χ4v) is 4.11. The van der Waals surface area contributed by atoms with Crippen molar-refractivity contribution in [2.45, 2.75) is 144 Å². The molecule has 0 fully saturated rings. The van der Waals surface area contributed by atoms with E-state index < -0.39 is 23.0 Å². The van der Waals surface area contributed by atoms with Crippen LogP contribution >= 0.6 is 0 Å². The number of aliphatic carboxylic acids is 2. The maximum atomic E-state index is 10.5. The lowest BCUT2D eigenvalue weighted by atomic mass is 9.81. The van der Waals surface area contributed by atoms with Crippen LogP contribution in [0.4, 0.5) is 0 Å². The molecular weight excluding hydrogens is 484 g/mol. The van der Waals surface area contributed by atoms with Crippen LogP contribution < -0.4 is 0 Å². The molecule has 0 aliphatic rings. The van der Waals surface area contributed by atoms with Crippen LogP contribution in [0.2, 0.25) is 0 Å². The Morgan fingerprint density at radius 3 is 1.03 bits per heavy atom. The van der Waals surface area contributed by atoms with Gasteiger partial charge in [0.1, 0.15) is 0 Å². The fourth-order valence-electron chi connectivity index (χ4n) is 4.11. The van der Waals surface area contributed by atoms with Crippen molar-refractivity contribution in [3.05, 3.63) is 0 Å². The molecule has 216 valence electrons. The number of carboxylic acid groups (broad SMARTS) is 2. The van der Waals surface area contributed by atoms with Crippen molar-refractivity contribution in [3.8, 4) is 12.1 Å². The van der Waals surface area contributed by atoms with Gasteiger partial charge in [0.25, 0.3) is 0 Å². The third-order valence-corrected chi connectivity index (χ3v) is 5.14. The van der Waals surface area contributed by atoms with Gasteiger partial charge in [0.2, 0.25) is 0 Å². The molecule has 2 atom stereocenters. The maximum Gasteiger partial charge on any atom is 0.303 e. The molecule has 0 aliphatic carbocycles. The average Bonchev–Trinajstić information content (AvgIpc) is 2.71. The summed E-state index contributed by atoms with van der Waals surface area (Å²) in [4.78, 5) is 21.0. The van der Waals surface area contributed by atoms with Gasteiger partial charge in [-0.1, -0.05) is 41.5 Å². The van der Waals surface area contributed by atoms with Crippen molar-refractivity contribution in [1.82, 2.24) is 0 Å². The second kappa shape index (κ2) is 14.3. The lowest BCUT2D eigenvalue weighted by molar-refractivity contribution is -0.138. The summed E-state index contributed by atoms with van der Waals surface area (Å²) in [6.07, 6.45) is 1.53. The first kappa shape index (κ1) is 37.3. The molecule has 38 heavy (non-hydrogen) atoms. The Balaban J connectivity index is 0. The molecule has 0 saturated carbocycles. The first-order valence-corrected chi connectivity index (χ1v) is 12.9. The Morgan fingerprint density at radius 1 is 0.579 bits per heavy atom. The summed E-state index contributed by atoms with van der Waals surface area (Å²) in [5.74, 6) is -2.12. The summed E-state index contributed by atoms with van der Waals surface area (Å²) >= 11 is 0. The Bertz CT molecular complexity index is 855. The minimum absolute atomic E-state index is 0.0389. The van der Waals surface area contributed by atoms with Crippen LogP contribution in [0, 0.1) is 33.5 Å². The lowest BCUT2D eigenvalue weighted by Crippen LogP contribution is -2.28. The Hall–Kier alpha value is -2.88. The van der Waals surface area contributed by atoms with Gasteiger partial charge in [0.05, 0.1) is 23.2 Å². The standard InChI is InChI=1S/C16H34N2.C12H16N4O4/c1-13(2,3)11-15(7,8)17-18-16(9,10)12-14(4,5)6;1-11(7-13,5-3-9(17)18)15-16-12(2,8-14)6-4-10(19)20/h11-12H2,1-10H3;3-6H2,1-2H3,(H,17,18)(H,19,20). The number of rotatable bonds is 12. The molecule has 0 aromatic carbocycles. The molecule has 0 bridgehead atoms. The highest BCUT2D eigenvalue weighted by atomic mass is 16.4. The molecule has 0 aromatic heterocycles. The summed E-state index contributed by atoms with van der Waals surface area (Å²) in [5, 5.41) is 52.0. The van der Waals surface area contributed by atoms with Crippen molar-refractivity contribution < 1.29 is 19.8 Å². The Morgan fingerprint density at radius 2 is 0.842 bits per heavy atom. The largest absolute Gasteiger partial charge is 0.481 e. The van der Waals surface area contributed by atoms with E-state index in [4.69, 9.17) is 20.7 Å². The van der Waals surface area contributed by atoms with E-state index in [1.54, 1.807) is 0 Å². The van der Waals surface area contributed by atoms with Gasteiger partial charge in [0.15, 0.2) is 11.1 Å². The van der Waals surface area contributed by atoms with Gasteiger partial charge >= 0.3 is 11.9 Å². The molecule has 0 heterocycles. The predicted octanol–water partition coefficient (Wildman–Crippen LogP) is 7.60. The first-order chi connectivity index (χ1) is 16.8. The second-order valence-corrected chi connectivity index (χ2v) is 14.1. The van der Waals surface area contributed by atoms with Crippen LogP contribution in [-0.4, -0.2) is 44.3 Å². The van der Waals surface area contributed by atoms with E-state index in [1.165, 1.54) is 13.8 Å². The first-order valence-electron chi connectivity index (χ1n) is 12.9. The van der Waals surface area contributed by atoms with E-state index in [1.807, 2.05) is 12.1 Å². The Labute approximate surface area is 229 Å². The third kappa shape index (κ3) is 20.2. The number of azo groups is 2. The van der Waals surface area contributed by atoms with Gasteiger partial charge in [-0.15, -0.1) is 0 Å². The highest BCUT2D eigenvalue weighted by Crippen LogP contribution is 2.33. The third-order valence-electron chi connectivity index (χ3n) is 5.14. The number of carboxylic acids is 2. The molecule has 10 nitrogen and oxygen atoms in total. The number of hydrogen-bond acceptors (Lipinski definition) is 8. The molecule has 0 rings (SSSR count). The molecule has 0 spiro atoms. The average molecular weight is 535 g/mol. The number of carbonyl (C=O) groups is 2. The van der Waals surface area contributed by atoms with Crippen molar-refractivity contribution in [3.63, 3.8) is 0 Å². The second-order valence-electron chi connectivity index (χ2n) is 14.1. The predicted molar refractivity (Wildman–Crippen MR) is 148 cm³/mol. The zero-order valence-corrected chi connectivity index (χ0v) is 25.6. The van der Waals surface area contributed by atoms with E-state index in [-0.39, 0.29) is 47.6 Å². The van der Waals surface area contributed by atoms with Gasteiger partial charge in [-0.3, -0.25) is 9.59 Å². The zero-order valence-electron chi connectivity index (χ0n) is 25.6. The molecule has 10 heteroatoms. The van der Waals surface area contributed by atoms with Crippen LogP contribution in [-0.2, 0) is 9.59 Å². The van der Waals surface area contributed by atoms with Gasteiger partial charge in [-0.25, -0.2) is 0 Å². The summed E-state index contributed by atoms with van der Waals surface area (Å²) in [6, 6.07) is 3.69. The summed E-state index contributed by atoms with van der Waals surface area (Å²) in [7, 11) is 0. The maximum absolute atomic E-state index is 10.5. The molecular formula is C28H50N6O4. The summed E-state index contributed by atoms with van der Waals surface area (Å²) in [5.41, 5.74) is -2.27. The van der Waals surface area contributed by atoms with E-state index in [2.05, 4.69) is 89.7 Å². The minimum atomic E-state index is -1.35. The Kier molecular flexibility index (Phi) is 14.0. The highest BCUT2D eigenvalue weighted by Gasteiger charge is 2.30. The van der Waals surface area contributed by atoms with Gasteiger partial charge in [-0.05, 0) is 78.1 Å². The smallest absolute Gasteiger partial charge is 0.303 e. The van der Waals surface area contributed by atoms with Gasteiger partial charge in [0, 0.05) is 12.8 Å². The van der Waals surface area contributed by atoms with E-state index in [9.17, 15) is 9.59 Å². The van der Waals surface area contributed by atoms with Crippen molar-refractivity contribution in [2.75, 3.05) is 0 Å². The van der Waals surface area contributed by atoms with Gasteiger partial charge in [-0.2, -0.15) is 31.0 Å². The molecule has 0 radical (unpaired) electrons.